The Morgan fingerprint density at radius 1 is 1.50 bits per heavy atom. The zero-order chi connectivity index (χ0) is 8.97. The molecule has 0 aliphatic rings. The molecule has 0 aliphatic carbocycles. The minimum atomic E-state index is 0.719. The fourth-order valence-electron chi connectivity index (χ4n) is 1.12. The molecule has 1 aromatic rings. The summed E-state index contributed by atoms with van der Waals surface area (Å²) in [6.07, 6.45) is 0.971. The summed E-state index contributed by atoms with van der Waals surface area (Å²) in [5, 5.41) is 11.8. The maximum absolute atomic E-state index is 8.78. The number of anilines is 1. The topological polar surface area (TPSA) is 35.8 Å². The zero-order valence-corrected chi connectivity index (χ0v) is 7.39. The van der Waals surface area contributed by atoms with Gasteiger partial charge in [0.2, 0.25) is 0 Å². The number of hydrogen-bond donors (Lipinski definition) is 1. The van der Waals surface area contributed by atoms with Crippen LogP contribution < -0.4 is 5.32 Å². The number of hydrogen-bond acceptors (Lipinski definition) is 2. The molecule has 0 fully saturated rings. The molecule has 62 valence electrons. The van der Waals surface area contributed by atoms with Crippen LogP contribution in [-0.2, 0) is 6.42 Å². The van der Waals surface area contributed by atoms with E-state index < -0.39 is 0 Å². The van der Waals surface area contributed by atoms with Gasteiger partial charge in [0.25, 0.3) is 0 Å². The molecule has 12 heavy (non-hydrogen) atoms. The maximum atomic E-state index is 8.78. The van der Waals surface area contributed by atoms with Crippen molar-refractivity contribution < 1.29 is 0 Å². The molecule has 0 spiro atoms. The summed E-state index contributed by atoms with van der Waals surface area (Å²) in [7, 11) is 1.82. The van der Waals surface area contributed by atoms with Crippen LogP contribution in [0.2, 0.25) is 0 Å². The SMILES string of the molecule is CCc1ccc(NC)c(C#N)c1. The van der Waals surface area contributed by atoms with Gasteiger partial charge in [-0.25, -0.2) is 0 Å². The fraction of sp³-hybridized carbons (Fsp3) is 0.300. The highest BCUT2D eigenvalue weighted by Crippen LogP contribution is 2.15. The molecular formula is C10H12N2. The van der Waals surface area contributed by atoms with Crippen LogP contribution in [0.3, 0.4) is 0 Å². The molecule has 0 aromatic heterocycles. The van der Waals surface area contributed by atoms with Crippen molar-refractivity contribution in [3.05, 3.63) is 29.3 Å². The molecule has 2 nitrogen and oxygen atoms in total. The predicted octanol–water partition coefficient (Wildman–Crippen LogP) is 2.16. The zero-order valence-electron chi connectivity index (χ0n) is 7.39. The molecule has 0 bridgehead atoms. The van der Waals surface area contributed by atoms with Crippen LogP contribution in [0, 0.1) is 11.3 Å². The Balaban J connectivity index is 3.13. The van der Waals surface area contributed by atoms with Crippen molar-refractivity contribution in [1.82, 2.24) is 0 Å². The highest BCUT2D eigenvalue weighted by Gasteiger charge is 1.99. The maximum Gasteiger partial charge on any atom is 0.101 e. The van der Waals surface area contributed by atoms with Gasteiger partial charge < -0.3 is 5.32 Å². The monoisotopic (exact) mass is 160 g/mol. The highest BCUT2D eigenvalue weighted by molar-refractivity contribution is 5.58. The number of benzene rings is 1. The van der Waals surface area contributed by atoms with Crippen molar-refractivity contribution in [2.45, 2.75) is 13.3 Å². The van der Waals surface area contributed by atoms with Crippen LogP contribution in [0.1, 0.15) is 18.1 Å². The van der Waals surface area contributed by atoms with Crippen molar-refractivity contribution in [1.29, 1.82) is 5.26 Å². The van der Waals surface area contributed by atoms with Gasteiger partial charge in [-0.3, -0.25) is 0 Å². The third-order valence-corrected chi connectivity index (χ3v) is 1.88. The predicted molar refractivity (Wildman–Crippen MR) is 50.1 cm³/mol. The van der Waals surface area contributed by atoms with Crippen molar-refractivity contribution in [2.75, 3.05) is 12.4 Å². The van der Waals surface area contributed by atoms with E-state index >= 15 is 0 Å². The number of nitrogens with one attached hydrogen (secondary N) is 1. The first-order valence-electron chi connectivity index (χ1n) is 4.02. The molecule has 0 saturated carbocycles. The van der Waals surface area contributed by atoms with Gasteiger partial charge in [0.05, 0.1) is 11.3 Å². The molecule has 2 heteroatoms. The highest BCUT2D eigenvalue weighted by atomic mass is 14.8. The Labute approximate surface area is 72.8 Å². The number of nitrogens with zero attached hydrogens (tertiary/aromatic N) is 1. The van der Waals surface area contributed by atoms with E-state index in [0.29, 0.717) is 0 Å². The summed E-state index contributed by atoms with van der Waals surface area (Å²) >= 11 is 0. The van der Waals surface area contributed by atoms with Gasteiger partial charge in [-0.15, -0.1) is 0 Å². The van der Waals surface area contributed by atoms with Gasteiger partial charge in [-0.05, 0) is 24.1 Å². The lowest BCUT2D eigenvalue weighted by Gasteiger charge is -2.03. The van der Waals surface area contributed by atoms with Crippen molar-refractivity contribution in [3.8, 4) is 6.07 Å². The third kappa shape index (κ3) is 1.57. The summed E-state index contributed by atoms with van der Waals surface area (Å²) in [4.78, 5) is 0. The van der Waals surface area contributed by atoms with E-state index in [2.05, 4.69) is 18.3 Å². The molecule has 0 aliphatic heterocycles. The Morgan fingerprint density at radius 2 is 2.25 bits per heavy atom. The quantitative estimate of drug-likeness (QED) is 0.719. The smallest absolute Gasteiger partial charge is 0.101 e. The summed E-state index contributed by atoms with van der Waals surface area (Å²) in [6.45, 7) is 2.08. The normalized spacial score (nSPS) is 9.08. The van der Waals surface area contributed by atoms with E-state index in [1.807, 2.05) is 25.2 Å². The Hall–Kier alpha value is -1.49. The second-order valence-electron chi connectivity index (χ2n) is 2.60. The van der Waals surface area contributed by atoms with Crippen LogP contribution in [-0.4, -0.2) is 7.05 Å². The Morgan fingerprint density at radius 3 is 2.75 bits per heavy atom. The average Bonchev–Trinajstić information content (AvgIpc) is 2.16. The molecule has 0 radical (unpaired) electrons. The van der Waals surface area contributed by atoms with E-state index in [-0.39, 0.29) is 0 Å². The third-order valence-electron chi connectivity index (χ3n) is 1.88. The van der Waals surface area contributed by atoms with Gasteiger partial charge >= 0.3 is 0 Å². The van der Waals surface area contributed by atoms with Gasteiger partial charge in [-0.1, -0.05) is 13.0 Å². The van der Waals surface area contributed by atoms with Gasteiger partial charge in [0.1, 0.15) is 6.07 Å². The summed E-state index contributed by atoms with van der Waals surface area (Å²) in [5.41, 5.74) is 2.82. The average molecular weight is 160 g/mol. The van der Waals surface area contributed by atoms with Crippen LogP contribution in [0.5, 0.6) is 0 Å². The van der Waals surface area contributed by atoms with Crippen molar-refractivity contribution in [2.24, 2.45) is 0 Å². The van der Waals surface area contributed by atoms with Gasteiger partial charge in [-0.2, -0.15) is 5.26 Å². The van der Waals surface area contributed by atoms with Crippen molar-refractivity contribution >= 4 is 5.69 Å². The standard InChI is InChI=1S/C10H12N2/c1-3-8-4-5-10(12-2)9(6-8)7-11/h4-6,12H,3H2,1-2H3. The van der Waals surface area contributed by atoms with E-state index in [1.54, 1.807) is 0 Å². The Kier molecular flexibility index (Phi) is 2.71. The van der Waals surface area contributed by atoms with E-state index in [9.17, 15) is 0 Å². The molecule has 1 aromatic carbocycles. The lowest BCUT2D eigenvalue weighted by atomic mass is 10.1. The van der Waals surface area contributed by atoms with E-state index in [1.165, 1.54) is 5.56 Å². The largest absolute Gasteiger partial charge is 0.387 e. The first-order chi connectivity index (χ1) is 5.81. The van der Waals surface area contributed by atoms with Crippen molar-refractivity contribution in [3.63, 3.8) is 0 Å². The minimum absolute atomic E-state index is 0.719. The molecule has 0 atom stereocenters. The first-order valence-corrected chi connectivity index (χ1v) is 4.02. The second kappa shape index (κ2) is 3.77. The molecule has 0 amide bonds. The van der Waals surface area contributed by atoms with Gasteiger partial charge in [0, 0.05) is 7.05 Å². The molecule has 0 saturated heterocycles. The second-order valence-corrected chi connectivity index (χ2v) is 2.60. The van der Waals surface area contributed by atoms with Gasteiger partial charge in [0.15, 0.2) is 0 Å². The van der Waals surface area contributed by atoms with Crippen LogP contribution in [0.4, 0.5) is 5.69 Å². The molecule has 1 rings (SSSR count). The van der Waals surface area contributed by atoms with Crippen LogP contribution in [0.15, 0.2) is 18.2 Å². The molecule has 0 heterocycles. The summed E-state index contributed by atoms with van der Waals surface area (Å²) in [6, 6.07) is 8.06. The Bertz CT molecular complexity index is 310. The summed E-state index contributed by atoms with van der Waals surface area (Å²) < 4.78 is 0. The molecule has 0 unspecified atom stereocenters. The minimum Gasteiger partial charge on any atom is -0.387 e. The summed E-state index contributed by atoms with van der Waals surface area (Å²) in [5.74, 6) is 0. The lowest BCUT2D eigenvalue weighted by Crippen LogP contribution is -1.93. The van der Waals surface area contributed by atoms with Crippen LogP contribution in [0.25, 0.3) is 0 Å². The molecule has 1 N–H and O–H groups in total. The van der Waals surface area contributed by atoms with E-state index in [4.69, 9.17) is 5.26 Å². The number of nitriles is 1. The number of aryl methyl sites for hydroxylation is 1. The lowest BCUT2D eigenvalue weighted by molar-refractivity contribution is 1.14. The number of rotatable bonds is 2. The van der Waals surface area contributed by atoms with Crippen LogP contribution >= 0.6 is 0 Å². The first kappa shape index (κ1) is 8.61. The van der Waals surface area contributed by atoms with E-state index in [0.717, 1.165) is 17.7 Å². The fourth-order valence-corrected chi connectivity index (χ4v) is 1.12. The molecular weight excluding hydrogens is 148 g/mol.